The minimum atomic E-state index is -0.356. The van der Waals surface area contributed by atoms with Crippen molar-refractivity contribution in [3.63, 3.8) is 0 Å². The van der Waals surface area contributed by atoms with Crippen LogP contribution in [0.1, 0.15) is 49.9 Å². The second kappa shape index (κ2) is 6.03. The molecule has 0 aliphatic heterocycles. The first-order valence-corrected chi connectivity index (χ1v) is 6.97. The van der Waals surface area contributed by atoms with E-state index in [2.05, 4.69) is 16.4 Å². The van der Waals surface area contributed by atoms with Crippen LogP contribution in [0.15, 0.2) is 6.07 Å². The minimum absolute atomic E-state index is 0.0984. The second-order valence-electron chi connectivity index (χ2n) is 5.44. The smallest absolute Gasteiger partial charge is 0.144 e. The number of nitrogens with one attached hydrogen (secondary N) is 1. The van der Waals surface area contributed by atoms with Crippen molar-refractivity contribution in [3.8, 4) is 6.07 Å². The number of anilines is 1. The van der Waals surface area contributed by atoms with Crippen molar-refractivity contribution in [3.05, 3.63) is 22.9 Å². The van der Waals surface area contributed by atoms with Gasteiger partial charge in [-0.3, -0.25) is 0 Å². The van der Waals surface area contributed by atoms with Crippen LogP contribution >= 0.6 is 0 Å². The van der Waals surface area contributed by atoms with Crippen LogP contribution in [-0.2, 0) is 12.8 Å². The molecule has 0 aromatic carbocycles. The van der Waals surface area contributed by atoms with Gasteiger partial charge in [-0.15, -0.1) is 0 Å². The van der Waals surface area contributed by atoms with Gasteiger partial charge in [0.05, 0.1) is 11.7 Å². The maximum Gasteiger partial charge on any atom is 0.144 e. The summed E-state index contributed by atoms with van der Waals surface area (Å²) in [6.07, 6.45) is 4.68. The summed E-state index contributed by atoms with van der Waals surface area (Å²) in [5.41, 5.74) is 2.95. The van der Waals surface area contributed by atoms with E-state index < -0.39 is 0 Å². The Morgan fingerprint density at radius 2 is 2.16 bits per heavy atom. The maximum atomic E-state index is 9.39. The largest absolute Gasteiger partial charge is 0.393 e. The summed E-state index contributed by atoms with van der Waals surface area (Å²) in [5.74, 6) is 0.663. The molecule has 1 aromatic heterocycles. The lowest BCUT2D eigenvalue weighted by molar-refractivity contribution is 0.179. The van der Waals surface area contributed by atoms with Gasteiger partial charge < -0.3 is 10.4 Å². The molecule has 1 heterocycles. The van der Waals surface area contributed by atoms with Crippen LogP contribution in [0.5, 0.6) is 0 Å². The van der Waals surface area contributed by atoms with Gasteiger partial charge in [-0.1, -0.05) is 0 Å². The highest BCUT2D eigenvalue weighted by molar-refractivity contribution is 5.55. The van der Waals surface area contributed by atoms with Crippen molar-refractivity contribution in [2.45, 2.75) is 58.1 Å². The van der Waals surface area contributed by atoms with Gasteiger partial charge in [0, 0.05) is 11.7 Å². The number of aliphatic hydroxyl groups is 1. The van der Waals surface area contributed by atoms with E-state index in [9.17, 15) is 10.4 Å². The van der Waals surface area contributed by atoms with Crippen molar-refractivity contribution in [1.82, 2.24) is 4.98 Å². The molecule has 1 aliphatic carbocycles. The zero-order chi connectivity index (χ0) is 13.8. The number of aryl methyl sites for hydroxylation is 2. The number of pyridine rings is 1. The van der Waals surface area contributed by atoms with Crippen molar-refractivity contribution >= 4 is 5.82 Å². The van der Waals surface area contributed by atoms with Gasteiger partial charge in [0.1, 0.15) is 11.9 Å². The van der Waals surface area contributed by atoms with E-state index in [-0.39, 0.29) is 12.1 Å². The van der Waals surface area contributed by atoms with Crippen LogP contribution < -0.4 is 5.32 Å². The van der Waals surface area contributed by atoms with Crippen molar-refractivity contribution < 1.29 is 5.11 Å². The molecule has 0 radical (unpaired) electrons. The molecular formula is C15H21N3O. The topological polar surface area (TPSA) is 68.9 Å². The Balaban J connectivity index is 2.22. The highest BCUT2D eigenvalue weighted by atomic mass is 16.3. The maximum absolute atomic E-state index is 9.39. The van der Waals surface area contributed by atoms with Gasteiger partial charge in [-0.2, -0.15) is 5.26 Å². The van der Waals surface area contributed by atoms with Crippen molar-refractivity contribution in [1.29, 1.82) is 5.26 Å². The summed E-state index contributed by atoms with van der Waals surface area (Å²) in [6.45, 7) is 3.76. The van der Waals surface area contributed by atoms with Crippen LogP contribution in [-0.4, -0.2) is 22.2 Å². The Morgan fingerprint density at radius 3 is 2.84 bits per heavy atom. The third-order valence-electron chi connectivity index (χ3n) is 3.50. The Kier molecular flexibility index (Phi) is 4.39. The lowest BCUT2D eigenvalue weighted by atomic mass is 9.95. The second-order valence-corrected chi connectivity index (χ2v) is 5.44. The van der Waals surface area contributed by atoms with Gasteiger partial charge in [-0.05, 0) is 57.6 Å². The number of rotatable bonds is 4. The standard InChI is InChI=1S/C15H21N3O/c1-10(7-11(2)19)17-15-13(9-16)8-12-5-3-4-6-14(12)18-15/h8,10-11,19H,3-7H2,1-2H3,(H,17,18). The molecule has 4 heteroatoms. The lowest BCUT2D eigenvalue weighted by Gasteiger charge is -2.20. The molecule has 102 valence electrons. The fourth-order valence-corrected chi connectivity index (χ4v) is 2.63. The first-order chi connectivity index (χ1) is 9.10. The Morgan fingerprint density at radius 1 is 1.42 bits per heavy atom. The molecule has 0 bridgehead atoms. The molecular weight excluding hydrogens is 238 g/mol. The van der Waals surface area contributed by atoms with Crippen LogP contribution in [0.2, 0.25) is 0 Å². The van der Waals surface area contributed by atoms with Gasteiger partial charge in [-0.25, -0.2) is 4.98 Å². The van der Waals surface area contributed by atoms with Crippen LogP contribution in [0.25, 0.3) is 0 Å². The van der Waals surface area contributed by atoms with E-state index in [1.165, 1.54) is 18.4 Å². The first-order valence-electron chi connectivity index (χ1n) is 6.97. The molecule has 1 aromatic rings. The molecule has 0 saturated heterocycles. The molecule has 0 amide bonds. The first kappa shape index (κ1) is 13.8. The molecule has 0 saturated carbocycles. The number of hydrogen-bond acceptors (Lipinski definition) is 4. The average molecular weight is 259 g/mol. The number of aliphatic hydroxyl groups excluding tert-OH is 1. The zero-order valence-electron chi connectivity index (χ0n) is 11.6. The van der Waals surface area contributed by atoms with E-state index in [0.29, 0.717) is 17.8 Å². The fourth-order valence-electron chi connectivity index (χ4n) is 2.63. The summed E-state index contributed by atoms with van der Waals surface area (Å²) in [6, 6.07) is 4.29. The summed E-state index contributed by atoms with van der Waals surface area (Å²) < 4.78 is 0. The van der Waals surface area contributed by atoms with Gasteiger partial charge in [0.2, 0.25) is 0 Å². The fraction of sp³-hybridized carbons (Fsp3) is 0.600. The van der Waals surface area contributed by atoms with Crippen molar-refractivity contribution in [2.24, 2.45) is 0 Å². The summed E-state index contributed by atoms with van der Waals surface area (Å²) in [5, 5.41) is 21.9. The molecule has 2 unspecified atom stereocenters. The predicted octanol–water partition coefficient (Wildman–Crippen LogP) is 2.40. The quantitative estimate of drug-likeness (QED) is 0.871. The van der Waals surface area contributed by atoms with E-state index in [1.54, 1.807) is 6.92 Å². The Labute approximate surface area is 114 Å². The Bertz CT molecular complexity index is 491. The highest BCUT2D eigenvalue weighted by Gasteiger charge is 2.16. The predicted molar refractivity (Wildman–Crippen MR) is 75.0 cm³/mol. The van der Waals surface area contributed by atoms with Crippen LogP contribution in [0.4, 0.5) is 5.82 Å². The summed E-state index contributed by atoms with van der Waals surface area (Å²) in [4.78, 5) is 4.62. The number of nitriles is 1. The molecule has 1 aliphatic rings. The summed E-state index contributed by atoms with van der Waals surface area (Å²) >= 11 is 0. The van der Waals surface area contributed by atoms with E-state index in [1.807, 2.05) is 13.0 Å². The molecule has 2 atom stereocenters. The SMILES string of the molecule is CC(O)CC(C)Nc1nc2c(cc1C#N)CCCC2. The van der Waals surface area contributed by atoms with E-state index in [0.717, 1.165) is 18.5 Å². The Hall–Kier alpha value is -1.60. The number of aromatic nitrogens is 1. The van der Waals surface area contributed by atoms with E-state index >= 15 is 0 Å². The third-order valence-corrected chi connectivity index (χ3v) is 3.50. The van der Waals surface area contributed by atoms with Crippen molar-refractivity contribution in [2.75, 3.05) is 5.32 Å². The van der Waals surface area contributed by atoms with Gasteiger partial charge in [0.15, 0.2) is 0 Å². The minimum Gasteiger partial charge on any atom is -0.393 e. The molecule has 2 rings (SSSR count). The third kappa shape index (κ3) is 3.45. The lowest BCUT2D eigenvalue weighted by Crippen LogP contribution is -2.22. The number of nitrogens with zero attached hydrogens (tertiary/aromatic N) is 2. The van der Waals surface area contributed by atoms with Crippen LogP contribution in [0, 0.1) is 11.3 Å². The molecule has 0 fully saturated rings. The monoisotopic (exact) mass is 259 g/mol. The normalized spacial score (nSPS) is 17.2. The highest BCUT2D eigenvalue weighted by Crippen LogP contribution is 2.24. The molecule has 2 N–H and O–H groups in total. The van der Waals surface area contributed by atoms with Crippen LogP contribution in [0.3, 0.4) is 0 Å². The number of hydrogen-bond donors (Lipinski definition) is 2. The molecule has 19 heavy (non-hydrogen) atoms. The van der Waals surface area contributed by atoms with Gasteiger partial charge in [0.25, 0.3) is 0 Å². The van der Waals surface area contributed by atoms with Gasteiger partial charge >= 0.3 is 0 Å². The summed E-state index contributed by atoms with van der Waals surface area (Å²) in [7, 11) is 0. The van der Waals surface area contributed by atoms with E-state index in [4.69, 9.17) is 0 Å². The molecule has 0 spiro atoms. The average Bonchev–Trinajstić information content (AvgIpc) is 2.36. The number of fused-ring (bicyclic) bond motifs is 1. The zero-order valence-corrected chi connectivity index (χ0v) is 11.6. The molecule has 4 nitrogen and oxygen atoms in total.